The Hall–Kier alpha value is -1.30. The van der Waals surface area contributed by atoms with Crippen molar-refractivity contribution in [2.45, 2.75) is 6.42 Å². The lowest BCUT2D eigenvalue weighted by atomic mass is 9.98. The molecule has 0 fully saturated rings. The highest BCUT2D eigenvalue weighted by Crippen LogP contribution is 2.21. The molecule has 0 aromatic heterocycles. The molecule has 2 aliphatic heterocycles. The molecule has 1 aliphatic carbocycles. The van der Waals surface area contributed by atoms with Gasteiger partial charge in [0.25, 0.3) is 0 Å². The molecule has 0 aromatic carbocycles. The molecule has 0 amide bonds. The number of carbonyl (C=O) groups is 1. The van der Waals surface area contributed by atoms with Crippen LogP contribution in [0.3, 0.4) is 0 Å². The molecule has 0 spiro atoms. The van der Waals surface area contributed by atoms with Gasteiger partial charge in [-0.15, -0.1) is 30.3 Å². The Morgan fingerprint density at radius 1 is 1.38 bits per heavy atom. The number of allylic oxidation sites excluding steroid dienone is 3. The molecule has 3 aliphatic rings. The van der Waals surface area contributed by atoms with Gasteiger partial charge >= 0.3 is 0 Å². The van der Waals surface area contributed by atoms with Crippen LogP contribution >= 0.6 is 24.8 Å². The Labute approximate surface area is 105 Å². The summed E-state index contributed by atoms with van der Waals surface area (Å²) in [7, 11) is 0. The van der Waals surface area contributed by atoms with E-state index in [9.17, 15) is 4.79 Å². The molecule has 0 saturated heterocycles. The van der Waals surface area contributed by atoms with Gasteiger partial charge in [0.15, 0.2) is 11.6 Å². The Kier molecular flexibility index (Phi) is 3.74. The minimum atomic E-state index is 0. The number of nitrogens with one attached hydrogen (secondary N) is 2. The lowest BCUT2D eigenvalue weighted by Gasteiger charge is -2.22. The van der Waals surface area contributed by atoms with Crippen molar-refractivity contribution < 1.29 is 4.79 Å². The summed E-state index contributed by atoms with van der Waals surface area (Å²) >= 11 is 0. The van der Waals surface area contributed by atoms with E-state index < -0.39 is 0 Å². The highest BCUT2D eigenvalue weighted by atomic mass is 35.5. The molecule has 2 heterocycles. The number of halogens is 2. The second-order valence-electron chi connectivity index (χ2n) is 3.20. The van der Waals surface area contributed by atoms with Crippen molar-refractivity contribution in [2.75, 3.05) is 0 Å². The molecule has 3 rings (SSSR count). The molecule has 7 heteroatoms. The smallest absolute Gasteiger partial charge is 0.185 e. The van der Waals surface area contributed by atoms with Gasteiger partial charge in [0.2, 0.25) is 0 Å². The van der Waals surface area contributed by atoms with Crippen molar-refractivity contribution in [2.24, 2.45) is 4.99 Å². The molecule has 16 heavy (non-hydrogen) atoms. The first-order chi connectivity index (χ1) is 6.84. The Morgan fingerprint density at radius 3 is 3.00 bits per heavy atom. The topological polar surface area (TPSA) is 56.7 Å². The summed E-state index contributed by atoms with van der Waals surface area (Å²) in [4.78, 5) is 15.8. The molecule has 5 nitrogen and oxygen atoms in total. The van der Waals surface area contributed by atoms with Gasteiger partial charge in [-0.3, -0.25) is 4.79 Å². The van der Waals surface area contributed by atoms with E-state index in [2.05, 4.69) is 16.0 Å². The lowest BCUT2D eigenvalue weighted by molar-refractivity contribution is -0.112. The first-order valence-electron chi connectivity index (χ1n) is 4.36. The number of hydrogen-bond acceptors (Lipinski definition) is 5. The second-order valence-corrected chi connectivity index (χ2v) is 3.20. The first kappa shape index (κ1) is 12.8. The van der Waals surface area contributed by atoms with Gasteiger partial charge in [-0.05, 0) is 0 Å². The molecular weight excluding hydrogens is 251 g/mol. The largest absolute Gasteiger partial charge is 0.307 e. The van der Waals surface area contributed by atoms with Gasteiger partial charge in [0.1, 0.15) is 5.71 Å². The monoisotopic (exact) mass is 260 g/mol. The van der Waals surface area contributed by atoms with Crippen LogP contribution in [0.5, 0.6) is 0 Å². The highest BCUT2D eigenvalue weighted by molar-refractivity contribution is 6.48. The number of aliphatic imine (C=N–C) groups is 1. The summed E-state index contributed by atoms with van der Waals surface area (Å²) in [6.07, 6.45) is 7.78. The minimum absolute atomic E-state index is 0. The fourth-order valence-electron chi connectivity index (χ4n) is 1.59. The van der Waals surface area contributed by atoms with E-state index in [1.165, 1.54) is 0 Å². The van der Waals surface area contributed by atoms with E-state index in [4.69, 9.17) is 0 Å². The summed E-state index contributed by atoms with van der Waals surface area (Å²) in [6.45, 7) is 0. The quantitative estimate of drug-likeness (QED) is 0.678. The van der Waals surface area contributed by atoms with Crippen LogP contribution in [0.25, 0.3) is 0 Å². The average Bonchev–Trinajstić information content (AvgIpc) is 2.62. The van der Waals surface area contributed by atoms with Gasteiger partial charge in [0.05, 0.1) is 6.20 Å². The van der Waals surface area contributed by atoms with Crippen LogP contribution < -0.4 is 11.0 Å². The first-order valence-corrected chi connectivity index (χ1v) is 4.36. The number of ketones is 1. The van der Waals surface area contributed by atoms with Gasteiger partial charge in [-0.2, -0.15) is 0 Å². The summed E-state index contributed by atoms with van der Waals surface area (Å²) < 4.78 is 0. The maximum absolute atomic E-state index is 11.5. The summed E-state index contributed by atoms with van der Waals surface area (Å²) in [5, 5.41) is 1.74. The van der Waals surface area contributed by atoms with E-state index >= 15 is 0 Å². The summed E-state index contributed by atoms with van der Waals surface area (Å²) in [6, 6.07) is 0. The van der Waals surface area contributed by atoms with Gasteiger partial charge in [-0.25, -0.2) is 10.0 Å². The SMILES string of the molecule is Cl.Cl.O=C1CC=CC2=CN3NNC=C3N=C12. The maximum atomic E-state index is 11.5. The zero-order valence-electron chi connectivity index (χ0n) is 8.14. The van der Waals surface area contributed by atoms with Gasteiger partial charge in [-0.1, -0.05) is 12.2 Å². The average molecular weight is 261 g/mol. The molecule has 0 aromatic rings. The predicted octanol–water partition coefficient (Wildman–Crippen LogP) is 0.821. The normalized spacial score (nSPS) is 20.4. The lowest BCUT2D eigenvalue weighted by Crippen LogP contribution is -2.36. The van der Waals surface area contributed by atoms with Crippen molar-refractivity contribution in [1.29, 1.82) is 0 Å². The molecule has 0 atom stereocenters. The summed E-state index contributed by atoms with van der Waals surface area (Å²) in [5.41, 5.74) is 7.10. The van der Waals surface area contributed by atoms with Crippen molar-refractivity contribution >= 4 is 36.3 Å². The van der Waals surface area contributed by atoms with Crippen LogP contribution in [0, 0.1) is 0 Å². The van der Waals surface area contributed by atoms with Crippen molar-refractivity contribution in [3.8, 4) is 0 Å². The molecular formula is C9H10Cl2N4O. The zero-order chi connectivity index (χ0) is 9.54. The minimum Gasteiger partial charge on any atom is -0.307 e. The van der Waals surface area contributed by atoms with E-state index in [1.54, 1.807) is 11.2 Å². The van der Waals surface area contributed by atoms with Crippen LogP contribution in [0.15, 0.2) is 40.9 Å². The zero-order valence-corrected chi connectivity index (χ0v) is 9.77. The van der Waals surface area contributed by atoms with Crippen molar-refractivity contribution in [3.05, 3.63) is 35.9 Å². The molecule has 0 saturated carbocycles. The van der Waals surface area contributed by atoms with Crippen LogP contribution in [0.1, 0.15) is 6.42 Å². The Bertz CT molecular complexity index is 439. The second kappa shape index (κ2) is 4.69. The third kappa shape index (κ3) is 1.84. The number of nitrogens with zero attached hydrogens (tertiary/aromatic N) is 2. The van der Waals surface area contributed by atoms with Crippen molar-refractivity contribution in [3.63, 3.8) is 0 Å². The standard InChI is InChI=1S/C9H8N4O.2ClH/c14-7-3-1-2-6-5-13-8(4-10-12-13)11-9(6)7;;/h1-2,4-5,10,12H,3H2;2*1H. The van der Waals surface area contributed by atoms with Crippen LogP contribution in [-0.4, -0.2) is 16.5 Å². The van der Waals surface area contributed by atoms with E-state index in [-0.39, 0.29) is 30.6 Å². The van der Waals surface area contributed by atoms with Crippen LogP contribution in [0.4, 0.5) is 0 Å². The molecule has 2 N–H and O–H groups in total. The van der Waals surface area contributed by atoms with Crippen LogP contribution in [-0.2, 0) is 4.79 Å². The maximum Gasteiger partial charge on any atom is 0.185 e. The third-order valence-electron chi connectivity index (χ3n) is 2.27. The number of rotatable bonds is 0. The number of hydrazine groups is 2. The van der Waals surface area contributed by atoms with E-state index in [1.807, 2.05) is 18.4 Å². The predicted molar refractivity (Wildman–Crippen MR) is 65.0 cm³/mol. The van der Waals surface area contributed by atoms with Crippen LogP contribution in [0.2, 0.25) is 0 Å². The number of carbonyl (C=O) groups excluding carboxylic acids is 1. The van der Waals surface area contributed by atoms with Gasteiger partial charge in [0, 0.05) is 18.2 Å². The van der Waals surface area contributed by atoms with E-state index in [0.717, 1.165) is 5.57 Å². The number of fused-ring (bicyclic) bond motifs is 2. The molecule has 0 unspecified atom stereocenters. The number of Topliss-reactive ketones (excluding diaryl/α,β-unsaturated/α-hetero) is 1. The van der Waals surface area contributed by atoms with Gasteiger partial charge < -0.3 is 5.43 Å². The third-order valence-corrected chi connectivity index (χ3v) is 2.27. The molecule has 86 valence electrons. The Morgan fingerprint density at radius 2 is 2.19 bits per heavy atom. The fraction of sp³-hybridized carbons (Fsp3) is 0.111. The molecule has 0 radical (unpaired) electrons. The highest BCUT2D eigenvalue weighted by Gasteiger charge is 2.25. The molecule has 0 bridgehead atoms. The summed E-state index contributed by atoms with van der Waals surface area (Å²) in [5.74, 6) is 0.790. The Balaban J connectivity index is 0.000000640. The number of hydrogen-bond donors (Lipinski definition) is 2. The van der Waals surface area contributed by atoms with E-state index in [0.29, 0.717) is 18.0 Å². The van der Waals surface area contributed by atoms with Crippen molar-refractivity contribution in [1.82, 2.24) is 16.0 Å². The fourth-order valence-corrected chi connectivity index (χ4v) is 1.59.